The largest absolute Gasteiger partial charge is 0.393 e. The van der Waals surface area contributed by atoms with Crippen molar-refractivity contribution in [2.24, 2.45) is 5.92 Å². The van der Waals surface area contributed by atoms with E-state index in [1.54, 1.807) is 0 Å². The third kappa shape index (κ3) is 5.50. The van der Waals surface area contributed by atoms with Gasteiger partial charge >= 0.3 is 0 Å². The second kappa shape index (κ2) is 7.66. The second-order valence-corrected chi connectivity index (χ2v) is 4.95. The van der Waals surface area contributed by atoms with Crippen molar-refractivity contribution in [3.63, 3.8) is 0 Å². The van der Waals surface area contributed by atoms with Crippen molar-refractivity contribution < 1.29 is 9.90 Å². The lowest BCUT2D eigenvalue weighted by Crippen LogP contribution is -2.32. The number of aliphatic hydroxyl groups excluding tert-OH is 1. The Balaban J connectivity index is 2.06. The maximum absolute atomic E-state index is 11.5. The van der Waals surface area contributed by atoms with E-state index >= 15 is 0 Å². The van der Waals surface area contributed by atoms with Gasteiger partial charge in [0.1, 0.15) is 0 Å². The van der Waals surface area contributed by atoms with Crippen molar-refractivity contribution in [2.45, 2.75) is 64.4 Å². The molecule has 0 aliphatic heterocycles. The van der Waals surface area contributed by atoms with E-state index in [1.165, 1.54) is 0 Å². The molecule has 0 bridgehead atoms. The lowest BCUT2D eigenvalue weighted by Gasteiger charge is -2.25. The molecule has 1 rings (SSSR count). The van der Waals surface area contributed by atoms with Crippen LogP contribution in [0.2, 0.25) is 0 Å². The Hall–Kier alpha value is -0.570. The number of rotatable bonds is 6. The number of unbranched alkanes of at least 4 members (excludes halogenated alkanes) is 2. The van der Waals surface area contributed by atoms with Gasteiger partial charge in [0.05, 0.1) is 6.10 Å². The van der Waals surface area contributed by atoms with E-state index < -0.39 is 0 Å². The summed E-state index contributed by atoms with van der Waals surface area (Å²) in [6.07, 6.45) is 7.83. The average molecular weight is 227 g/mol. The zero-order chi connectivity index (χ0) is 11.8. The number of carbonyl (C=O) groups excluding carboxylic acids is 1. The Labute approximate surface area is 98.6 Å². The monoisotopic (exact) mass is 227 g/mol. The van der Waals surface area contributed by atoms with Gasteiger partial charge in [0.15, 0.2) is 0 Å². The van der Waals surface area contributed by atoms with Gasteiger partial charge in [-0.05, 0) is 31.6 Å². The van der Waals surface area contributed by atoms with E-state index in [1.807, 2.05) is 0 Å². The Kier molecular flexibility index (Phi) is 6.46. The standard InChI is InChI=1S/C13H25NO2/c1-2-3-4-8-13(16)14-10-11-6-5-7-12(15)9-11/h11-12,15H,2-10H2,1H3,(H,14,16). The Morgan fingerprint density at radius 3 is 2.88 bits per heavy atom. The molecule has 1 fully saturated rings. The summed E-state index contributed by atoms with van der Waals surface area (Å²) in [5, 5.41) is 12.5. The van der Waals surface area contributed by atoms with E-state index in [-0.39, 0.29) is 12.0 Å². The van der Waals surface area contributed by atoms with Crippen LogP contribution in [0, 0.1) is 5.92 Å². The molecule has 1 amide bonds. The van der Waals surface area contributed by atoms with Crippen LogP contribution in [-0.4, -0.2) is 23.7 Å². The van der Waals surface area contributed by atoms with Crippen LogP contribution in [0.3, 0.4) is 0 Å². The molecular weight excluding hydrogens is 202 g/mol. The van der Waals surface area contributed by atoms with Crippen LogP contribution >= 0.6 is 0 Å². The van der Waals surface area contributed by atoms with Crippen LogP contribution in [-0.2, 0) is 4.79 Å². The summed E-state index contributed by atoms with van der Waals surface area (Å²) in [6.45, 7) is 2.89. The first-order valence-corrected chi connectivity index (χ1v) is 6.67. The number of hydrogen-bond acceptors (Lipinski definition) is 2. The third-order valence-corrected chi connectivity index (χ3v) is 3.35. The minimum absolute atomic E-state index is 0.143. The molecule has 16 heavy (non-hydrogen) atoms. The molecule has 94 valence electrons. The smallest absolute Gasteiger partial charge is 0.220 e. The van der Waals surface area contributed by atoms with E-state index in [0.29, 0.717) is 12.3 Å². The summed E-state index contributed by atoms with van der Waals surface area (Å²) in [6, 6.07) is 0. The molecule has 3 nitrogen and oxygen atoms in total. The van der Waals surface area contributed by atoms with Crippen molar-refractivity contribution >= 4 is 5.91 Å². The minimum atomic E-state index is -0.143. The molecule has 0 saturated heterocycles. The Morgan fingerprint density at radius 1 is 1.38 bits per heavy atom. The van der Waals surface area contributed by atoms with Gasteiger partial charge in [-0.2, -0.15) is 0 Å². The number of hydrogen-bond donors (Lipinski definition) is 2. The predicted octanol–water partition coefficient (Wildman–Crippen LogP) is 2.23. The number of carbonyl (C=O) groups is 1. The summed E-state index contributed by atoms with van der Waals surface area (Å²) in [7, 11) is 0. The van der Waals surface area contributed by atoms with Crippen molar-refractivity contribution in [3.05, 3.63) is 0 Å². The summed E-state index contributed by atoms with van der Waals surface area (Å²) < 4.78 is 0. The van der Waals surface area contributed by atoms with E-state index in [4.69, 9.17) is 0 Å². The van der Waals surface area contributed by atoms with Crippen LogP contribution in [0.25, 0.3) is 0 Å². The van der Waals surface area contributed by atoms with Crippen LogP contribution in [0.15, 0.2) is 0 Å². The van der Waals surface area contributed by atoms with E-state index in [0.717, 1.165) is 51.5 Å². The lowest BCUT2D eigenvalue weighted by atomic mass is 9.87. The molecule has 1 saturated carbocycles. The van der Waals surface area contributed by atoms with Gasteiger partial charge in [-0.3, -0.25) is 4.79 Å². The van der Waals surface area contributed by atoms with Crippen molar-refractivity contribution in [3.8, 4) is 0 Å². The minimum Gasteiger partial charge on any atom is -0.393 e. The van der Waals surface area contributed by atoms with Crippen LogP contribution in [0.5, 0.6) is 0 Å². The topological polar surface area (TPSA) is 49.3 Å². The molecule has 2 unspecified atom stereocenters. The number of aliphatic hydroxyl groups is 1. The molecule has 0 aromatic carbocycles. The van der Waals surface area contributed by atoms with Crippen LogP contribution in [0.4, 0.5) is 0 Å². The number of nitrogens with one attached hydrogen (secondary N) is 1. The average Bonchev–Trinajstić information content (AvgIpc) is 2.27. The normalized spacial score (nSPS) is 25.4. The van der Waals surface area contributed by atoms with Gasteiger partial charge in [0, 0.05) is 13.0 Å². The van der Waals surface area contributed by atoms with Gasteiger partial charge in [0.2, 0.25) is 5.91 Å². The molecule has 0 radical (unpaired) electrons. The molecule has 0 aromatic rings. The first-order chi connectivity index (χ1) is 7.72. The van der Waals surface area contributed by atoms with Crippen molar-refractivity contribution in [1.29, 1.82) is 0 Å². The molecule has 1 aliphatic carbocycles. The van der Waals surface area contributed by atoms with Gasteiger partial charge < -0.3 is 10.4 Å². The molecule has 2 atom stereocenters. The maximum Gasteiger partial charge on any atom is 0.220 e. The molecule has 2 N–H and O–H groups in total. The van der Waals surface area contributed by atoms with Crippen LogP contribution in [0.1, 0.15) is 58.3 Å². The zero-order valence-electron chi connectivity index (χ0n) is 10.4. The summed E-state index contributed by atoms with van der Waals surface area (Å²) in [4.78, 5) is 11.5. The van der Waals surface area contributed by atoms with Gasteiger partial charge in [-0.15, -0.1) is 0 Å². The van der Waals surface area contributed by atoms with E-state index in [2.05, 4.69) is 12.2 Å². The molecule has 3 heteroatoms. The first-order valence-electron chi connectivity index (χ1n) is 6.67. The third-order valence-electron chi connectivity index (χ3n) is 3.35. The fourth-order valence-electron chi connectivity index (χ4n) is 2.33. The molecule has 0 heterocycles. The van der Waals surface area contributed by atoms with Gasteiger partial charge in [0.25, 0.3) is 0 Å². The second-order valence-electron chi connectivity index (χ2n) is 4.95. The highest BCUT2D eigenvalue weighted by atomic mass is 16.3. The fourth-order valence-corrected chi connectivity index (χ4v) is 2.33. The number of amides is 1. The van der Waals surface area contributed by atoms with Gasteiger partial charge in [-0.25, -0.2) is 0 Å². The molecule has 0 spiro atoms. The summed E-state index contributed by atoms with van der Waals surface area (Å²) >= 11 is 0. The Bertz CT molecular complexity index is 206. The quantitative estimate of drug-likeness (QED) is 0.684. The fraction of sp³-hybridized carbons (Fsp3) is 0.923. The zero-order valence-corrected chi connectivity index (χ0v) is 10.4. The highest BCUT2D eigenvalue weighted by Crippen LogP contribution is 2.23. The molecule has 0 aromatic heterocycles. The first kappa shape index (κ1) is 13.5. The Morgan fingerprint density at radius 2 is 2.19 bits per heavy atom. The van der Waals surface area contributed by atoms with E-state index in [9.17, 15) is 9.90 Å². The SMILES string of the molecule is CCCCCC(=O)NCC1CCCC(O)C1. The summed E-state index contributed by atoms with van der Waals surface area (Å²) in [5.41, 5.74) is 0. The van der Waals surface area contributed by atoms with Gasteiger partial charge in [-0.1, -0.05) is 26.2 Å². The maximum atomic E-state index is 11.5. The lowest BCUT2D eigenvalue weighted by molar-refractivity contribution is -0.121. The van der Waals surface area contributed by atoms with Crippen LogP contribution < -0.4 is 5.32 Å². The van der Waals surface area contributed by atoms with Crippen molar-refractivity contribution in [1.82, 2.24) is 5.32 Å². The van der Waals surface area contributed by atoms with Crippen molar-refractivity contribution in [2.75, 3.05) is 6.54 Å². The highest BCUT2D eigenvalue weighted by Gasteiger charge is 2.20. The predicted molar refractivity (Wildman–Crippen MR) is 65.1 cm³/mol. The summed E-state index contributed by atoms with van der Waals surface area (Å²) in [5.74, 6) is 0.660. The molecular formula is C13H25NO2. The molecule has 1 aliphatic rings. The highest BCUT2D eigenvalue weighted by molar-refractivity contribution is 5.75.